The zero-order valence-corrected chi connectivity index (χ0v) is 11.3. The first-order valence-corrected chi connectivity index (χ1v) is 6.03. The second-order valence-corrected chi connectivity index (χ2v) is 5.36. The number of benzene rings is 1. The van der Waals surface area contributed by atoms with E-state index < -0.39 is 0 Å². The van der Waals surface area contributed by atoms with Crippen LogP contribution in [0.5, 0.6) is 5.75 Å². The van der Waals surface area contributed by atoms with E-state index in [2.05, 4.69) is 43.0 Å². The summed E-state index contributed by atoms with van der Waals surface area (Å²) in [6, 6.07) is 8.20. The Kier molecular flexibility index (Phi) is 3.36. The minimum Gasteiger partial charge on any atom is -0.486 e. The molecule has 0 aliphatic carbocycles. The highest BCUT2D eigenvalue weighted by Gasteiger charge is 2.13. The van der Waals surface area contributed by atoms with Crippen molar-refractivity contribution >= 4 is 0 Å². The molecule has 0 fully saturated rings. The molecule has 0 N–H and O–H groups in total. The monoisotopic (exact) mass is 245 g/mol. The highest BCUT2D eigenvalue weighted by atomic mass is 16.5. The molecule has 0 unspecified atom stereocenters. The fourth-order valence-corrected chi connectivity index (χ4v) is 1.65. The minimum atomic E-state index is 0.169. The topological polar surface area (TPSA) is 39.9 Å². The van der Waals surface area contributed by atoms with Gasteiger partial charge in [-0.2, -0.15) is 5.10 Å². The molecule has 0 spiro atoms. The molecule has 2 rings (SSSR count). The lowest BCUT2D eigenvalue weighted by Crippen LogP contribution is -2.10. The van der Waals surface area contributed by atoms with Crippen molar-refractivity contribution < 1.29 is 4.74 Å². The predicted octanol–water partition coefficient (Wildman–Crippen LogP) is 2.69. The van der Waals surface area contributed by atoms with Crippen molar-refractivity contribution in [3.63, 3.8) is 0 Å². The van der Waals surface area contributed by atoms with Crippen LogP contribution in [0.3, 0.4) is 0 Å². The Bertz CT molecular complexity index is 509. The molecule has 0 bridgehead atoms. The Balaban J connectivity index is 2.01. The predicted molar refractivity (Wildman–Crippen MR) is 70.5 cm³/mol. The van der Waals surface area contributed by atoms with E-state index in [1.807, 2.05) is 19.2 Å². The van der Waals surface area contributed by atoms with Crippen LogP contribution in [0.1, 0.15) is 32.2 Å². The SMILES string of the molecule is Cn1ncnc1COc1ccc(C(C)(C)C)cc1. The van der Waals surface area contributed by atoms with Gasteiger partial charge in [-0.15, -0.1) is 0 Å². The summed E-state index contributed by atoms with van der Waals surface area (Å²) in [7, 11) is 1.86. The third-order valence-electron chi connectivity index (χ3n) is 2.89. The van der Waals surface area contributed by atoms with E-state index in [4.69, 9.17) is 4.74 Å². The summed E-state index contributed by atoms with van der Waals surface area (Å²) in [5.74, 6) is 1.67. The lowest BCUT2D eigenvalue weighted by atomic mass is 9.87. The maximum Gasteiger partial charge on any atom is 0.164 e. The summed E-state index contributed by atoms with van der Waals surface area (Å²) in [4.78, 5) is 4.11. The van der Waals surface area contributed by atoms with Crippen molar-refractivity contribution in [3.05, 3.63) is 42.0 Å². The molecule has 18 heavy (non-hydrogen) atoms. The second kappa shape index (κ2) is 4.80. The second-order valence-electron chi connectivity index (χ2n) is 5.36. The molecule has 96 valence electrons. The van der Waals surface area contributed by atoms with Crippen molar-refractivity contribution in [1.82, 2.24) is 14.8 Å². The van der Waals surface area contributed by atoms with Gasteiger partial charge in [-0.1, -0.05) is 32.9 Å². The van der Waals surface area contributed by atoms with Gasteiger partial charge in [-0.3, -0.25) is 4.68 Å². The van der Waals surface area contributed by atoms with Gasteiger partial charge in [0.25, 0.3) is 0 Å². The van der Waals surface area contributed by atoms with Crippen molar-refractivity contribution in [1.29, 1.82) is 0 Å². The van der Waals surface area contributed by atoms with E-state index in [1.165, 1.54) is 11.9 Å². The first-order valence-electron chi connectivity index (χ1n) is 6.03. The van der Waals surface area contributed by atoms with E-state index in [-0.39, 0.29) is 5.41 Å². The van der Waals surface area contributed by atoms with Crippen LogP contribution in [0.25, 0.3) is 0 Å². The average molecular weight is 245 g/mol. The van der Waals surface area contributed by atoms with E-state index in [9.17, 15) is 0 Å². The molecule has 0 radical (unpaired) electrons. The van der Waals surface area contributed by atoms with E-state index in [0.717, 1.165) is 11.6 Å². The molecule has 0 saturated heterocycles. The van der Waals surface area contributed by atoms with Crippen LogP contribution in [-0.2, 0) is 19.1 Å². The lowest BCUT2D eigenvalue weighted by Gasteiger charge is -2.19. The van der Waals surface area contributed by atoms with Crippen molar-refractivity contribution in [2.24, 2.45) is 7.05 Å². The zero-order valence-electron chi connectivity index (χ0n) is 11.3. The molecule has 4 heteroatoms. The highest BCUT2D eigenvalue weighted by Crippen LogP contribution is 2.24. The van der Waals surface area contributed by atoms with Crippen molar-refractivity contribution in [3.8, 4) is 5.75 Å². The van der Waals surface area contributed by atoms with Crippen LogP contribution in [0.4, 0.5) is 0 Å². The normalized spacial score (nSPS) is 11.6. The summed E-state index contributed by atoms with van der Waals surface area (Å²) in [5.41, 5.74) is 1.47. The fourth-order valence-electron chi connectivity index (χ4n) is 1.65. The fraction of sp³-hybridized carbons (Fsp3) is 0.429. The van der Waals surface area contributed by atoms with Gasteiger partial charge in [0.05, 0.1) is 0 Å². The summed E-state index contributed by atoms with van der Waals surface area (Å²) in [5, 5.41) is 4.00. The summed E-state index contributed by atoms with van der Waals surface area (Å²) < 4.78 is 7.39. The maximum atomic E-state index is 5.68. The highest BCUT2D eigenvalue weighted by molar-refractivity contribution is 5.31. The van der Waals surface area contributed by atoms with Crippen LogP contribution >= 0.6 is 0 Å². The Labute approximate surface area is 108 Å². The van der Waals surface area contributed by atoms with Crippen LogP contribution < -0.4 is 4.74 Å². The van der Waals surface area contributed by atoms with Gasteiger partial charge in [0.1, 0.15) is 18.7 Å². The van der Waals surface area contributed by atoms with Crippen molar-refractivity contribution in [2.45, 2.75) is 32.8 Å². The molecule has 1 heterocycles. The van der Waals surface area contributed by atoms with Gasteiger partial charge in [0, 0.05) is 7.05 Å². The molecule has 2 aromatic rings. The summed E-state index contributed by atoms with van der Waals surface area (Å²) >= 11 is 0. The summed E-state index contributed by atoms with van der Waals surface area (Å²) in [6.45, 7) is 7.03. The quantitative estimate of drug-likeness (QED) is 0.834. The molecule has 1 aromatic heterocycles. The molecule has 0 aliphatic heterocycles. The van der Waals surface area contributed by atoms with Gasteiger partial charge in [-0.05, 0) is 23.1 Å². The smallest absolute Gasteiger partial charge is 0.164 e. The molecule has 0 atom stereocenters. The Morgan fingerprint density at radius 1 is 1.17 bits per heavy atom. The van der Waals surface area contributed by atoms with E-state index in [1.54, 1.807) is 4.68 Å². The standard InChI is InChI=1S/C14H19N3O/c1-14(2,3)11-5-7-12(8-6-11)18-9-13-15-10-16-17(13)4/h5-8,10H,9H2,1-4H3. The molecule has 0 amide bonds. The van der Waals surface area contributed by atoms with Gasteiger partial charge < -0.3 is 4.74 Å². The molecule has 0 aliphatic rings. The average Bonchev–Trinajstić information content (AvgIpc) is 2.72. The van der Waals surface area contributed by atoms with Gasteiger partial charge >= 0.3 is 0 Å². The van der Waals surface area contributed by atoms with Gasteiger partial charge in [-0.25, -0.2) is 4.98 Å². The number of rotatable bonds is 3. The van der Waals surface area contributed by atoms with E-state index in [0.29, 0.717) is 6.61 Å². The first-order chi connectivity index (χ1) is 8.47. The number of aromatic nitrogens is 3. The van der Waals surface area contributed by atoms with Crippen LogP contribution in [-0.4, -0.2) is 14.8 Å². The number of nitrogens with zero attached hydrogens (tertiary/aromatic N) is 3. The number of hydrogen-bond acceptors (Lipinski definition) is 3. The Hall–Kier alpha value is -1.84. The van der Waals surface area contributed by atoms with Gasteiger partial charge in [0.2, 0.25) is 0 Å². The Morgan fingerprint density at radius 3 is 2.33 bits per heavy atom. The van der Waals surface area contributed by atoms with Crippen LogP contribution in [0, 0.1) is 0 Å². The third kappa shape index (κ3) is 2.88. The maximum absolute atomic E-state index is 5.68. The first kappa shape index (κ1) is 12.6. The zero-order chi connectivity index (χ0) is 13.2. The molecule has 1 aromatic carbocycles. The van der Waals surface area contributed by atoms with Crippen LogP contribution in [0.2, 0.25) is 0 Å². The molecule has 4 nitrogen and oxygen atoms in total. The minimum absolute atomic E-state index is 0.169. The molecule has 0 saturated carbocycles. The van der Waals surface area contributed by atoms with E-state index >= 15 is 0 Å². The van der Waals surface area contributed by atoms with Crippen LogP contribution in [0.15, 0.2) is 30.6 Å². The molecular weight excluding hydrogens is 226 g/mol. The third-order valence-corrected chi connectivity index (χ3v) is 2.89. The number of ether oxygens (including phenoxy) is 1. The Morgan fingerprint density at radius 2 is 1.83 bits per heavy atom. The number of hydrogen-bond donors (Lipinski definition) is 0. The lowest BCUT2D eigenvalue weighted by molar-refractivity contribution is 0.289. The van der Waals surface area contributed by atoms with Crippen molar-refractivity contribution in [2.75, 3.05) is 0 Å². The van der Waals surface area contributed by atoms with Gasteiger partial charge in [0.15, 0.2) is 5.82 Å². The molecular formula is C14H19N3O. The summed E-state index contributed by atoms with van der Waals surface area (Å²) in [6.07, 6.45) is 1.53. The number of aryl methyl sites for hydroxylation is 1. The largest absolute Gasteiger partial charge is 0.486 e.